The summed E-state index contributed by atoms with van der Waals surface area (Å²) in [5, 5.41) is 2.43. The van der Waals surface area contributed by atoms with E-state index >= 15 is 0 Å². The summed E-state index contributed by atoms with van der Waals surface area (Å²) in [6.45, 7) is 1.87. The van der Waals surface area contributed by atoms with Crippen LogP contribution in [0.5, 0.6) is 11.5 Å². The Morgan fingerprint density at radius 2 is 1.59 bits per heavy atom. The number of thiocarbonyl (C=S) groups is 1. The largest absolute Gasteiger partial charge is 0.497 e. The Balaban J connectivity index is 1.71. The van der Waals surface area contributed by atoms with Crippen molar-refractivity contribution in [2.75, 3.05) is 13.7 Å². The Kier molecular flexibility index (Phi) is 7.57. The number of benzene rings is 2. The predicted octanol–water partition coefficient (Wildman–Crippen LogP) is 1.97. The monoisotopic (exact) mass is 387 g/mol. The van der Waals surface area contributed by atoms with Crippen molar-refractivity contribution in [1.82, 2.24) is 16.2 Å². The van der Waals surface area contributed by atoms with Crippen molar-refractivity contribution in [3.05, 3.63) is 59.7 Å². The second-order valence-corrected chi connectivity index (χ2v) is 5.88. The van der Waals surface area contributed by atoms with Gasteiger partial charge in [-0.2, -0.15) is 0 Å². The summed E-state index contributed by atoms with van der Waals surface area (Å²) in [5.41, 5.74) is 6.41. The Morgan fingerprint density at radius 1 is 0.963 bits per heavy atom. The van der Waals surface area contributed by atoms with E-state index in [9.17, 15) is 9.59 Å². The summed E-state index contributed by atoms with van der Waals surface area (Å²) >= 11 is 4.98. The minimum absolute atomic E-state index is 0.0310. The number of carbonyl (C=O) groups is 2. The molecule has 8 heteroatoms. The zero-order valence-corrected chi connectivity index (χ0v) is 15.9. The van der Waals surface area contributed by atoms with Crippen LogP contribution in [-0.2, 0) is 11.2 Å². The Labute approximate surface area is 163 Å². The van der Waals surface area contributed by atoms with Crippen LogP contribution in [0.1, 0.15) is 22.8 Å². The summed E-state index contributed by atoms with van der Waals surface area (Å²) in [4.78, 5) is 23.8. The maximum Gasteiger partial charge on any atom is 0.276 e. The van der Waals surface area contributed by atoms with E-state index in [2.05, 4.69) is 23.1 Å². The summed E-state index contributed by atoms with van der Waals surface area (Å²) in [7, 11) is 1.54. The van der Waals surface area contributed by atoms with Gasteiger partial charge in [-0.15, -0.1) is 0 Å². The fourth-order valence-corrected chi connectivity index (χ4v) is 2.23. The van der Waals surface area contributed by atoms with Crippen LogP contribution in [0.4, 0.5) is 0 Å². The van der Waals surface area contributed by atoms with E-state index in [-0.39, 0.29) is 11.7 Å². The minimum atomic E-state index is -0.435. The highest BCUT2D eigenvalue weighted by atomic mass is 32.1. The van der Waals surface area contributed by atoms with Gasteiger partial charge in [-0.25, -0.2) is 0 Å². The van der Waals surface area contributed by atoms with Crippen LogP contribution in [0.3, 0.4) is 0 Å². The number of rotatable bonds is 6. The second kappa shape index (κ2) is 10.1. The molecule has 142 valence electrons. The minimum Gasteiger partial charge on any atom is -0.497 e. The standard InChI is InChI=1S/C19H21N3O4S/c1-3-13-4-8-16(9-5-13)26-12-17(23)21-22-19(27)20-18(24)14-6-10-15(25-2)11-7-14/h4-11H,3,12H2,1-2H3,(H,21,23)(H2,20,22,24,27). The number of ether oxygens (including phenoxy) is 2. The van der Waals surface area contributed by atoms with Gasteiger partial charge in [0.1, 0.15) is 11.5 Å². The van der Waals surface area contributed by atoms with Crippen molar-refractivity contribution in [2.24, 2.45) is 0 Å². The van der Waals surface area contributed by atoms with E-state index in [1.807, 2.05) is 12.1 Å². The Hall–Kier alpha value is -3.13. The molecule has 0 saturated heterocycles. The van der Waals surface area contributed by atoms with Crippen molar-refractivity contribution in [3.63, 3.8) is 0 Å². The Bertz CT molecular complexity index is 792. The number of hydrazine groups is 1. The highest BCUT2D eigenvalue weighted by molar-refractivity contribution is 7.80. The van der Waals surface area contributed by atoms with E-state index in [0.29, 0.717) is 17.1 Å². The third kappa shape index (κ3) is 6.59. The van der Waals surface area contributed by atoms with Gasteiger partial charge in [-0.05, 0) is 60.6 Å². The topological polar surface area (TPSA) is 88.7 Å². The molecule has 27 heavy (non-hydrogen) atoms. The first kappa shape index (κ1) is 20.2. The SMILES string of the molecule is CCc1ccc(OCC(=O)NNC(=S)NC(=O)c2ccc(OC)cc2)cc1. The van der Waals surface area contributed by atoms with Crippen molar-refractivity contribution >= 4 is 29.1 Å². The van der Waals surface area contributed by atoms with Crippen molar-refractivity contribution in [2.45, 2.75) is 13.3 Å². The maximum absolute atomic E-state index is 12.0. The first-order chi connectivity index (χ1) is 13.0. The molecule has 0 heterocycles. The smallest absolute Gasteiger partial charge is 0.276 e. The number of hydrogen-bond acceptors (Lipinski definition) is 5. The van der Waals surface area contributed by atoms with Crippen LogP contribution in [0, 0.1) is 0 Å². The van der Waals surface area contributed by atoms with Gasteiger partial charge in [0.05, 0.1) is 7.11 Å². The summed E-state index contributed by atoms with van der Waals surface area (Å²) < 4.78 is 10.4. The van der Waals surface area contributed by atoms with Gasteiger partial charge in [0, 0.05) is 5.56 Å². The molecule has 0 saturated carbocycles. The van der Waals surface area contributed by atoms with Crippen molar-refractivity contribution < 1.29 is 19.1 Å². The number of hydrogen-bond donors (Lipinski definition) is 3. The number of carbonyl (C=O) groups excluding carboxylic acids is 2. The van der Waals surface area contributed by atoms with E-state index in [1.54, 1.807) is 43.5 Å². The molecule has 0 aromatic heterocycles. The van der Waals surface area contributed by atoms with Crippen molar-refractivity contribution in [3.8, 4) is 11.5 Å². The van der Waals surface area contributed by atoms with Gasteiger partial charge < -0.3 is 9.47 Å². The zero-order chi connectivity index (χ0) is 19.6. The van der Waals surface area contributed by atoms with Crippen LogP contribution in [-0.4, -0.2) is 30.6 Å². The molecular formula is C19H21N3O4S. The molecule has 0 radical (unpaired) electrons. The van der Waals surface area contributed by atoms with E-state index in [4.69, 9.17) is 21.7 Å². The van der Waals surface area contributed by atoms with Crippen LogP contribution < -0.4 is 25.6 Å². The predicted molar refractivity (Wildman–Crippen MR) is 106 cm³/mol. The van der Waals surface area contributed by atoms with E-state index in [0.717, 1.165) is 6.42 Å². The van der Waals surface area contributed by atoms with Crippen LogP contribution in [0.2, 0.25) is 0 Å². The molecule has 3 N–H and O–H groups in total. The second-order valence-electron chi connectivity index (χ2n) is 5.47. The molecule has 2 amide bonds. The van der Waals surface area contributed by atoms with Gasteiger partial charge in [0.15, 0.2) is 11.7 Å². The van der Waals surface area contributed by atoms with E-state index in [1.165, 1.54) is 5.56 Å². The lowest BCUT2D eigenvalue weighted by atomic mass is 10.2. The molecule has 0 bridgehead atoms. The molecule has 7 nitrogen and oxygen atoms in total. The summed E-state index contributed by atoms with van der Waals surface area (Å²) in [6, 6.07) is 14.0. The lowest BCUT2D eigenvalue weighted by molar-refractivity contribution is -0.123. The molecule has 0 aliphatic heterocycles. The molecular weight excluding hydrogens is 366 g/mol. The third-order valence-corrected chi connectivity index (χ3v) is 3.80. The number of nitrogens with one attached hydrogen (secondary N) is 3. The molecule has 0 fully saturated rings. The van der Waals surface area contributed by atoms with Gasteiger partial charge in [0.25, 0.3) is 11.8 Å². The first-order valence-electron chi connectivity index (χ1n) is 8.27. The van der Waals surface area contributed by atoms with Gasteiger partial charge >= 0.3 is 0 Å². The average molecular weight is 387 g/mol. The molecule has 2 rings (SSSR count). The third-order valence-electron chi connectivity index (χ3n) is 3.60. The van der Waals surface area contributed by atoms with Gasteiger partial charge in [0.2, 0.25) is 0 Å². The zero-order valence-electron chi connectivity index (χ0n) is 15.1. The van der Waals surface area contributed by atoms with Gasteiger partial charge in [-0.1, -0.05) is 19.1 Å². The molecule has 0 unspecified atom stereocenters. The number of methoxy groups -OCH3 is 1. The van der Waals surface area contributed by atoms with Crippen LogP contribution >= 0.6 is 12.2 Å². The lowest BCUT2D eigenvalue weighted by Crippen LogP contribution is -2.49. The van der Waals surface area contributed by atoms with Crippen molar-refractivity contribution in [1.29, 1.82) is 0 Å². The fraction of sp³-hybridized carbons (Fsp3) is 0.211. The fourth-order valence-electron chi connectivity index (χ4n) is 2.08. The highest BCUT2D eigenvalue weighted by Crippen LogP contribution is 2.12. The number of amides is 2. The Morgan fingerprint density at radius 3 is 2.19 bits per heavy atom. The average Bonchev–Trinajstić information content (AvgIpc) is 2.71. The molecule has 0 aliphatic rings. The molecule has 0 aliphatic carbocycles. The lowest BCUT2D eigenvalue weighted by Gasteiger charge is -2.11. The molecule has 2 aromatic rings. The van der Waals surface area contributed by atoms with E-state index < -0.39 is 11.8 Å². The molecule has 2 aromatic carbocycles. The van der Waals surface area contributed by atoms with Crippen LogP contribution in [0.25, 0.3) is 0 Å². The molecule has 0 atom stereocenters. The quantitative estimate of drug-likeness (QED) is 0.519. The normalized spacial score (nSPS) is 9.85. The first-order valence-corrected chi connectivity index (χ1v) is 8.68. The van der Waals surface area contributed by atoms with Gasteiger partial charge in [-0.3, -0.25) is 25.8 Å². The molecule has 0 spiro atoms. The highest BCUT2D eigenvalue weighted by Gasteiger charge is 2.09. The maximum atomic E-state index is 12.0. The summed E-state index contributed by atoms with van der Waals surface area (Å²) in [5.74, 6) is 0.397. The number of aryl methyl sites for hydroxylation is 1. The summed E-state index contributed by atoms with van der Waals surface area (Å²) in [6.07, 6.45) is 0.935. The van der Waals surface area contributed by atoms with Crippen LogP contribution in [0.15, 0.2) is 48.5 Å².